The van der Waals surface area contributed by atoms with Crippen LogP contribution in [0.2, 0.25) is 5.02 Å². The molecule has 0 N–H and O–H groups in total. The Morgan fingerprint density at radius 2 is 2.29 bits per heavy atom. The molecule has 0 amide bonds. The molecule has 1 aromatic heterocycles. The Morgan fingerprint density at radius 1 is 1.47 bits per heavy atom. The number of aliphatic imine (C=N–C) groups is 1. The van der Waals surface area contributed by atoms with Crippen molar-refractivity contribution in [2.75, 3.05) is 0 Å². The fourth-order valence-corrected chi connectivity index (χ4v) is 1.71. The maximum absolute atomic E-state index is 13.5. The van der Waals surface area contributed by atoms with Gasteiger partial charge in [0.15, 0.2) is 5.82 Å². The first-order chi connectivity index (χ1) is 8.20. The number of nitrogens with zero attached hydrogens (tertiary/aromatic N) is 3. The molecule has 0 fully saturated rings. The fourth-order valence-electron chi connectivity index (χ4n) is 1.39. The minimum atomic E-state index is -0.354. The van der Waals surface area contributed by atoms with Crippen LogP contribution in [-0.2, 0) is 6.54 Å². The predicted molar refractivity (Wildman–Crippen MR) is 67.4 cm³/mol. The van der Waals surface area contributed by atoms with Crippen LogP contribution >= 0.6 is 23.8 Å². The van der Waals surface area contributed by atoms with E-state index < -0.39 is 0 Å². The van der Waals surface area contributed by atoms with Gasteiger partial charge in [-0.05, 0) is 24.4 Å². The molecule has 17 heavy (non-hydrogen) atoms. The van der Waals surface area contributed by atoms with E-state index in [2.05, 4.69) is 27.5 Å². The molecule has 86 valence electrons. The van der Waals surface area contributed by atoms with Gasteiger partial charge in [0.2, 0.25) is 0 Å². The van der Waals surface area contributed by atoms with Crippen LogP contribution in [0.25, 0.3) is 0 Å². The number of aromatic nitrogens is 2. The van der Waals surface area contributed by atoms with Crippen molar-refractivity contribution in [3.05, 3.63) is 46.9 Å². The molecule has 0 aliphatic carbocycles. The molecule has 0 unspecified atom stereocenters. The van der Waals surface area contributed by atoms with Crippen molar-refractivity contribution in [3.8, 4) is 0 Å². The molecule has 0 saturated heterocycles. The van der Waals surface area contributed by atoms with Gasteiger partial charge in [-0.15, -0.1) is 0 Å². The van der Waals surface area contributed by atoms with Crippen molar-refractivity contribution in [2.45, 2.75) is 6.54 Å². The molecule has 0 aliphatic heterocycles. The van der Waals surface area contributed by atoms with Crippen LogP contribution in [0.1, 0.15) is 5.56 Å². The van der Waals surface area contributed by atoms with E-state index in [4.69, 9.17) is 11.6 Å². The van der Waals surface area contributed by atoms with E-state index in [0.717, 1.165) is 0 Å². The molecule has 0 atom stereocenters. The predicted octanol–water partition coefficient (Wildman–Crippen LogP) is 3.46. The Balaban J connectivity index is 2.28. The topological polar surface area (TPSA) is 30.2 Å². The fraction of sp³-hybridized carbons (Fsp3) is 0.0909. The number of isothiocyanates is 1. The first-order valence-corrected chi connectivity index (χ1v) is 5.53. The van der Waals surface area contributed by atoms with Gasteiger partial charge < -0.3 is 0 Å². The normalized spacial score (nSPS) is 10.0. The quantitative estimate of drug-likeness (QED) is 0.630. The number of hydrogen-bond donors (Lipinski definition) is 0. The van der Waals surface area contributed by atoms with Gasteiger partial charge in [-0.25, -0.2) is 4.39 Å². The third-order valence-electron chi connectivity index (χ3n) is 2.17. The molecule has 2 aromatic rings. The second kappa shape index (κ2) is 5.19. The smallest absolute Gasteiger partial charge is 0.184 e. The third-order valence-corrected chi connectivity index (χ3v) is 2.61. The summed E-state index contributed by atoms with van der Waals surface area (Å²) in [4.78, 5) is 3.72. The van der Waals surface area contributed by atoms with Gasteiger partial charge in [-0.2, -0.15) is 10.1 Å². The summed E-state index contributed by atoms with van der Waals surface area (Å²) in [5, 5.41) is 6.66. The summed E-state index contributed by atoms with van der Waals surface area (Å²) in [6, 6.07) is 6.22. The number of thiocarbonyl (C=S) groups is 1. The maximum atomic E-state index is 13.5. The first kappa shape index (κ1) is 11.9. The molecule has 0 spiro atoms. The molecular weight excluding hydrogens is 261 g/mol. The monoisotopic (exact) mass is 267 g/mol. The summed E-state index contributed by atoms with van der Waals surface area (Å²) in [6.07, 6.45) is 1.67. The highest BCUT2D eigenvalue weighted by molar-refractivity contribution is 7.78. The van der Waals surface area contributed by atoms with E-state index >= 15 is 0 Å². The Labute approximate surface area is 108 Å². The zero-order valence-electron chi connectivity index (χ0n) is 8.60. The van der Waals surface area contributed by atoms with Crippen molar-refractivity contribution >= 4 is 34.8 Å². The van der Waals surface area contributed by atoms with Gasteiger partial charge in [0, 0.05) is 22.8 Å². The Hall–Kier alpha value is -1.55. The lowest BCUT2D eigenvalue weighted by Crippen LogP contribution is -2.03. The van der Waals surface area contributed by atoms with Gasteiger partial charge in [0.05, 0.1) is 11.7 Å². The van der Waals surface area contributed by atoms with Crippen molar-refractivity contribution in [1.82, 2.24) is 9.78 Å². The molecule has 2 rings (SSSR count). The lowest BCUT2D eigenvalue weighted by molar-refractivity contribution is 0.586. The molecule has 1 heterocycles. The highest BCUT2D eigenvalue weighted by Gasteiger charge is 2.08. The molecule has 0 aliphatic rings. The van der Waals surface area contributed by atoms with Gasteiger partial charge >= 0.3 is 0 Å². The Kier molecular flexibility index (Phi) is 3.64. The van der Waals surface area contributed by atoms with E-state index in [1.807, 2.05) is 0 Å². The molecule has 3 nitrogen and oxygen atoms in total. The van der Waals surface area contributed by atoms with Crippen molar-refractivity contribution < 1.29 is 4.39 Å². The molecule has 0 radical (unpaired) electrons. The molecule has 1 aromatic carbocycles. The van der Waals surface area contributed by atoms with Crippen molar-refractivity contribution in [1.29, 1.82) is 0 Å². The van der Waals surface area contributed by atoms with Crippen LogP contribution in [0.3, 0.4) is 0 Å². The number of halogens is 2. The minimum absolute atomic E-state index is 0.248. The average molecular weight is 268 g/mol. The van der Waals surface area contributed by atoms with Crippen LogP contribution < -0.4 is 0 Å². The second-order valence-corrected chi connectivity index (χ2v) is 3.86. The van der Waals surface area contributed by atoms with E-state index in [1.54, 1.807) is 24.4 Å². The van der Waals surface area contributed by atoms with E-state index in [9.17, 15) is 4.39 Å². The largest absolute Gasteiger partial charge is 0.266 e. The number of benzene rings is 1. The Morgan fingerprint density at radius 3 is 3.00 bits per heavy atom. The van der Waals surface area contributed by atoms with E-state index in [0.29, 0.717) is 16.4 Å². The van der Waals surface area contributed by atoms with E-state index in [1.165, 1.54) is 10.7 Å². The standard InChI is InChI=1S/C11H7ClFN3S/c12-9-2-1-3-10(13)8(9)6-16-5-4-11(15-16)14-7-17/h1-5H,6H2. The van der Waals surface area contributed by atoms with Gasteiger partial charge in [-0.3, -0.25) is 4.68 Å². The second-order valence-electron chi connectivity index (χ2n) is 3.27. The molecule has 0 bridgehead atoms. The van der Waals surface area contributed by atoms with Crippen LogP contribution in [-0.4, -0.2) is 14.9 Å². The third kappa shape index (κ3) is 2.77. The van der Waals surface area contributed by atoms with Gasteiger partial charge in [0.1, 0.15) is 5.82 Å². The van der Waals surface area contributed by atoms with Crippen molar-refractivity contribution in [3.63, 3.8) is 0 Å². The SMILES string of the molecule is Fc1cccc(Cl)c1Cn1ccc(N=C=S)n1. The highest BCUT2D eigenvalue weighted by Crippen LogP contribution is 2.20. The summed E-state index contributed by atoms with van der Waals surface area (Å²) >= 11 is 10.4. The summed E-state index contributed by atoms with van der Waals surface area (Å²) in [5.74, 6) is 0.0837. The molecule has 0 saturated carbocycles. The van der Waals surface area contributed by atoms with Crippen molar-refractivity contribution in [2.24, 2.45) is 4.99 Å². The molecule has 6 heteroatoms. The molecular formula is C11H7ClFN3S. The summed E-state index contributed by atoms with van der Waals surface area (Å²) in [7, 11) is 0. The zero-order chi connectivity index (χ0) is 12.3. The minimum Gasteiger partial charge on any atom is -0.266 e. The summed E-state index contributed by atoms with van der Waals surface area (Å²) in [5.41, 5.74) is 0.398. The van der Waals surface area contributed by atoms with E-state index in [-0.39, 0.29) is 12.4 Å². The lowest BCUT2D eigenvalue weighted by Gasteiger charge is -2.05. The summed E-state index contributed by atoms with van der Waals surface area (Å²) in [6.45, 7) is 0.248. The van der Waals surface area contributed by atoms with Crippen LogP contribution in [0, 0.1) is 5.82 Å². The number of hydrogen-bond acceptors (Lipinski definition) is 3. The van der Waals surface area contributed by atoms with Crippen LogP contribution in [0.15, 0.2) is 35.5 Å². The average Bonchev–Trinajstić information content (AvgIpc) is 2.72. The van der Waals surface area contributed by atoms with Crippen LogP contribution in [0.5, 0.6) is 0 Å². The lowest BCUT2D eigenvalue weighted by atomic mass is 10.2. The van der Waals surface area contributed by atoms with Gasteiger partial charge in [-0.1, -0.05) is 17.7 Å². The summed E-state index contributed by atoms with van der Waals surface area (Å²) < 4.78 is 15.1. The number of rotatable bonds is 3. The van der Waals surface area contributed by atoms with Gasteiger partial charge in [0.25, 0.3) is 0 Å². The van der Waals surface area contributed by atoms with Crippen LogP contribution in [0.4, 0.5) is 10.2 Å². The zero-order valence-corrected chi connectivity index (χ0v) is 10.2. The first-order valence-electron chi connectivity index (χ1n) is 4.75. The maximum Gasteiger partial charge on any atom is 0.184 e. The Bertz CT molecular complexity index is 570. The highest BCUT2D eigenvalue weighted by atomic mass is 35.5.